The fraction of sp³-hybridized carbons (Fsp3) is 0.188. The summed E-state index contributed by atoms with van der Waals surface area (Å²) in [5.74, 6) is 0.0618. The molecule has 0 fully saturated rings. The molecule has 0 unspecified atom stereocenters. The van der Waals surface area contributed by atoms with Crippen LogP contribution >= 0.6 is 15.9 Å². The predicted molar refractivity (Wildman–Crippen MR) is 85.7 cm³/mol. The minimum Gasteiger partial charge on any atom is -0.374 e. The van der Waals surface area contributed by atoms with E-state index >= 15 is 0 Å². The normalized spacial score (nSPS) is 13.9. The molecule has 0 bridgehead atoms. The van der Waals surface area contributed by atoms with Gasteiger partial charge in [0.25, 0.3) is 5.91 Å². The van der Waals surface area contributed by atoms with Crippen LogP contribution in [0.4, 0.5) is 17.1 Å². The molecular formula is C16H15BrN2O. The number of amides is 1. The third-order valence-corrected chi connectivity index (χ3v) is 3.97. The first-order valence-electron chi connectivity index (χ1n) is 6.50. The Morgan fingerprint density at radius 2 is 1.85 bits per heavy atom. The molecule has 2 aromatic rings. The summed E-state index contributed by atoms with van der Waals surface area (Å²) in [5.41, 5.74) is 5.13. The van der Waals surface area contributed by atoms with Gasteiger partial charge < -0.3 is 5.32 Å². The summed E-state index contributed by atoms with van der Waals surface area (Å²) >= 11 is 3.46. The van der Waals surface area contributed by atoms with Crippen molar-refractivity contribution in [3.8, 4) is 0 Å². The van der Waals surface area contributed by atoms with Crippen LogP contribution in [0, 0.1) is 13.8 Å². The van der Waals surface area contributed by atoms with E-state index in [-0.39, 0.29) is 5.91 Å². The molecule has 1 amide bonds. The Balaban J connectivity index is 2.16. The predicted octanol–water partition coefficient (Wildman–Crippen LogP) is 4.16. The Morgan fingerprint density at radius 3 is 2.60 bits per heavy atom. The molecule has 102 valence electrons. The highest BCUT2D eigenvalue weighted by atomic mass is 79.9. The maximum atomic E-state index is 12.3. The summed E-state index contributed by atoms with van der Waals surface area (Å²) in [5, 5.41) is 3.16. The van der Waals surface area contributed by atoms with Crippen molar-refractivity contribution in [2.75, 3.05) is 16.8 Å². The Kier molecular flexibility index (Phi) is 3.26. The van der Waals surface area contributed by atoms with Gasteiger partial charge in [0.05, 0.1) is 23.6 Å². The van der Waals surface area contributed by atoms with Gasteiger partial charge in [-0.2, -0.15) is 0 Å². The monoisotopic (exact) mass is 330 g/mol. The largest absolute Gasteiger partial charge is 0.374 e. The van der Waals surface area contributed by atoms with Gasteiger partial charge in [0, 0.05) is 4.47 Å². The average Bonchev–Trinajstić information content (AvgIpc) is 2.40. The van der Waals surface area contributed by atoms with Gasteiger partial charge in [0.2, 0.25) is 0 Å². The highest BCUT2D eigenvalue weighted by molar-refractivity contribution is 9.10. The lowest BCUT2D eigenvalue weighted by molar-refractivity contribution is -0.116. The van der Waals surface area contributed by atoms with Crippen LogP contribution in [0.3, 0.4) is 0 Å². The molecule has 2 aromatic carbocycles. The molecule has 0 aliphatic carbocycles. The molecule has 0 radical (unpaired) electrons. The maximum Gasteiger partial charge on any atom is 0.250 e. The molecule has 0 saturated heterocycles. The third-order valence-electron chi connectivity index (χ3n) is 3.47. The molecule has 1 aliphatic heterocycles. The van der Waals surface area contributed by atoms with Gasteiger partial charge in [-0.1, -0.05) is 33.6 Å². The minimum atomic E-state index is 0.0618. The van der Waals surface area contributed by atoms with E-state index in [9.17, 15) is 4.79 Å². The van der Waals surface area contributed by atoms with Crippen LogP contribution < -0.4 is 10.2 Å². The second-order valence-corrected chi connectivity index (χ2v) is 5.95. The Labute approximate surface area is 126 Å². The van der Waals surface area contributed by atoms with Crippen molar-refractivity contribution >= 4 is 38.9 Å². The number of hydrogen-bond donors (Lipinski definition) is 1. The lowest BCUT2D eigenvalue weighted by atomic mass is 10.1. The summed E-state index contributed by atoms with van der Waals surface area (Å²) in [6.45, 7) is 4.41. The van der Waals surface area contributed by atoms with Crippen molar-refractivity contribution in [1.82, 2.24) is 0 Å². The zero-order chi connectivity index (χ0) is 14.3. The second kappa shape index (κ2) is 4.94. The quantitative estimate of drug-likeness (QED) is 0.851. The number of fused-ring (bicyclic) bond motifs is 1. The molecule has 0 aromatic heterocycles. The van der Waals surface area contributed by atoms with Crippen LogP contribution in [0.25, 0.3) is 0 Å². The van der Waals surface area contributed by atoms with E-state index in [4.69, 9.17) is 0 Å². The molecule has 0 atom stereocenters. The zero-order valence-electron chi connectivity index (χ0n) is 11.4. The topological polar surface area (TPSA) is 32.3 Å². The Morgan fingerprint density at radius 1 is 1.10 bits per heavy atom. The first-order chi connectivity index (χ1) is 9.56. The van der Waals surface area contributed by atoms with Gasteiger partial charge in [-0.3, -0.25) is 9.69 Å². The van der Waals surface area contributed by atoms with Gasteiger partial charge in [-0.15, -0.1) is 0 Å². The number of anilines is 3. The molecule has 20 heavy (non-hydrogen) atoms. The standard InChI is InChI=1S/C16H15BrN2O/c1-10-3-5-14(11(2)7-10)19-15-6-4-12(17)8-13(15)18-9-16(19)20/h3-8,18H,9H2,1-2H3. The van der Waals surface area contributed by atoms with Crippen molar-refractivity contribution in [2.45, 2.75) is 13.8 Å². The van der Waals surface area contributed by atoms with E-state index in [0.29, 0.717) is 6.54 Å². The van der Waals surface area contributed by atoms with Crippen LogP contribution in [0.15, 0.2) is 40.9 Å². The summed E-state index contributed by atoms with van der Waals surface area (Å²) in [7, 11) is 0. The van der Waals surface area contributed by atoms with E-state index in [2.05, 4.69) is 34.2 Å². The Hall–Kier alpha value is -1.81. The smallest absolute Gasteiger partial charge is 0.250 e. The fourth-order valence-corrected chi connectivity index (χ4v) is 2.91. The number of carbonyl (C=O) groups excluding carboxylic acids is 1. The zero-order valence-corrected chi connectivity index (χ0v) is 13.0. The van der Waals surface area contributed by atoms with E-state index < -0.39 is 0 Å². The van der Waals surface area contributed by atoms with Gasteiger partial charge in [0.1, 0.15) is 0 Å². The fourth-order valence-electron chi connectivity index (χ4n) is 2.55. The molecule has 3 rings (SSSR count). The number of carbonyl (C=O) groups is 1. The molecule has 4 heteroatoms. The highest BCUT2D eigenvalue weighted by Gasteiger charge is 2.26. The number of nitrogens with one attached hydrogen (secondary N) is 1. The highest BCUT2D eigenvalue weighted by Crippen LogP contribution is 2.38. The van der Waals surface area contributed by atoms with E-state index in [1.165, 1.54) is 5.56 Å². The maximum absolute atomic E-state index is 12.3. The van der Waals surface area contributed by atoms with Gasteiger partial charge >= 0.3 is 0 Å². The molecule has 0 saturated carbocycles. The number of nitrogens with zero attached hydrogens (tertiary/aromatic N) is 1. The van der Waals surface area contributed by atoms with Crippen molar-refractivity contribution < 1.29 is 4.79 Å². The molecule has 0 spiro atoms. The van der Waals surface area contributed by atoms with Crippen LogP contribution in [-0.4, -0.2) is 12.5 Å². The number of halogens is 1. The van der Waals surface area contributed by atoms with Crippen LogP contribution in [0.2, 0.25) is 0 Å². The average molecular weight is 331 g/mol. The lowest BCUT2D eigenvalue weighted by Gasteiger charge is -2.31. The van der Waals surface area contributed by atoms with Gasteiger partial charge in [-0.25, -0.2) is 0 Å². The molecular weight excluding hydrogens is 316 g/mol. The second-order valence-electron chi connectivity index (χ2n) is 5.03. The minimum absolute atomic E-state index is 0.0618. The number of hydrogen-bond acceptors (Lipinski definition) is 2. The third kappa shape index (κ3) is 2.20. The summed E-state index contributed by atoms with van der Waals surface area (Å²) in [4.78, 5) is 14.1. The van der Waals surface area contributed by atoms with Gasteiger partial charge in [0.15, 0.2) is 0 Å². The molecule has 1 aliphatic rings. The van der Waals surface area contributed by atoms with Crippen molar-refractivity contribution in [3.05, 3.63) is 52.0 Å². The van der Waals surface area contributed by atoms with E-state index in [1.807, 2.05) is 37.3 Å². The number of rotatable bonds is 1. The van der Waals surface area contributed by atoms with Crippen LogP contribution in [0.5, 0.6) is 0 Å². The first kappa shape index (κ1) is 13.2. The molecule has 1 N–H and O–H groups in total. The molecule has 3 nitrogen and oxygen atoms in total. The van der Waals surface area contributed by atoms with Crippen molar-refractivity contribution in [2.24, 2.45) is 0 Å². The summed E-state index contributed by atoms with van der Waals surface area (Å²) in [6, 6.07) is 12.1. The summed E-state index contributed by atoms with van der Waals surface area (Å²) < 4.78 is 0.999. The lowest BCUT2D eigenvalue weighted by Crippen LogP contribution is -2.36. The van der Waals surface area contributed by atoms with Crippen molar-refractivity contribution in [3.63, 3.8) is 0 Å². The Bertz CT molecular complexity index is 697. The SMILES string of the molecule is Cc1ccc(N2C(=O)CNc3cc(Br)ccc32)c(C)c1. The first-order valence-corrected chi connectivity index (χ1v) is 7.29. The van der Waals surface area contributed by atoms with E-state index in [0.717, 1.165) is 27.1 Å². The van der Waals surface area contributed by atoms with Crippen molar-refractivity contribution in [1.29, 1.82) is 0 Å². The molecule has 1 heterocycles. The summed E-state index contributed by atoms with van der Waals surface area (Å²) in [6.07, 6.45) is 0. The number of aryl methyl sites for hydroxylation is 2. The van der Waals surface area contributed by atoms with Crippen LogP contribution in [0.1, 0.15) is 11.1 Å². The van der Waals surface area contributed by atoms with Gasteiger partial charge in [-0.05, 0) is 43.7 Å². The number of benzene rings is 2. The van der Waals surface area contributed by atoms with E-state index in [1.54, 1.807) is 4.90 Å². The van der Waals surface area contributed by atoms with Crippen LogP contribution in [-0.2, 0) is 4.79 Å².